The van der Waals surface area contributed by atoms with Gasteiger partial charge >= 0.3 is 0 Å². The molecule has 3 nitrogen and oxygen atoms in total. The summed E-state index contributed by atoms with van der Waals surface area (Å²) in [5.41, 5.74) is 2.98. The topological polar surface area (TPSA) is 37.4 Å². The van der Waals surface area contributed by atoms with Gasteiger partial charge in [0.2, 0.25) is 0 Å². The van der Waals surface area contributed by atoms with Crippen molar-refractivity contribution >= 4 is 17.4 Å². The second-order valence-corrected chi connectivity index (χ2v) is 4.70. The summed E-state index contributed by atoms with van der Waals surface area (Å²) in [4.78, 5) is 25.9. The summed E-state index contributed by atoms with van der Waals surface area (Å²) in [6.45, 7) is 2.08. The van der Waals surface area contributed by atoms with E-state index in [-0.39, 0.29) is 18.2 Å². The van der Waals surface area contributed by atoms with Gasteiger partial charge in [-0.2, -0.15) is 0 Å². The maximum absolute atomic E-state index is 12.5. The molecule has 1 amide bonds. The van der Waals surface area contributed by atoms with Crippen LogP contribution in [0.15, 0.2) is 48.5 Å². The Balaban J connectivity index is 2.01. The third-order valence-corrected chi connectivity index (χ3v) is 3.31. The fraction of sp³-hybridized carbons (Fsp3) is 0.125. The van der Waals surface area contributed by atoms with Crippen LogP contribution >= 0.6 is 0 Å². The highest BCUT2D eigenvalue weighted by Gasteiger charge is 2.30. The second-order valence-electron chi connectivity index (χ2n) is 4.70. The van der Waals surface area contributed by atoms with Gasteiger partial charge in [0.15, 0.2) is 5.78 Å². The monoisotopic (exact) mass is 251 g/mol. The van der Waals surface area contributed by atoms with Gasteiger partial charge in [0.05, 0.1) is 12.2 Å². The van der Waals surface area contributed by atoms with Crippen LogP contribution in [0, 0.1) is 6.92 Å². The van der Waals surface area contributed by atoms with E-state index in [2.05, 4.69) is 0 Å². The Labute approximate surface area is 111 Å². The molecule has 0 radical (unpaired) electrons. The van der Waals surface area contributed by atoms with E-state index in [1.54, 1.807) is 17.0 Å². The van der Waals surface area contributed by atoms with Gasteiger partial charge in [0, 0.05) is 11.1 Å². The molecule has 0 saturated carbocycles. The first kappa shape index (κ1) is 11.7. The Morgan fingerprint density at radius 2 is 1.89 bits per heavy atom. The third kappa shape index (κ3) is 1.93. The van der Waals surface area contributed by atoms with Crippen LogP contribution in [0.4, 0.5) is 5.69 Å². The largest absolute Gasteiger partial charge is 0.300 e. The summed E-state index contributed by atoms with van der Waals surface area (Å²) < 4.78 is 0. The number of amides is 1. The molecule has 1 aliphatic heterocycles. The molecule has 2 aromatic carbocycles. The first-order chi connectivity index (χ1) is 9.16. The summed E-state index contributed by atoms with van der Waals surface area (Å²) in [6.07, 6.45) is 0. The number of Topliss-reactive ketones (excluding diaryl/α,β-unsaturated/α-hetero) is 1. The molecule has 1 aliphatic rings. The van der Waals surface area contributed by atoms with Crippen molar-refractivity contribution in [2.75, 3.05) is 11.4 Å². The maximum atomic E-state index is 12.5. The Hall–Kier alpha value is -2.42. The van der Waals surface area contributed by atoms with Gasteiger partial charge in [-0.15, -0.1) is 0 Å². The van der Waals surface area contributed by atoms with Gasteiger partial charge in [0.1, 0.15) is 0 Å². The SMILES string of the molecule is Cc1cccc(C(=O)N2CC(=O)c3ccccc32)c1. The first-order valence-corrected chi connectivity index (χ1v) is 6.17. The fourth-order valence-electron chi connectivity index (χ4n) is 2.37. The Morgan fingerprint density at radius 3 is 2.68 bits per heavy atom. The van der Waals surface area contributed by atoms with Crippen molar-refractivity contribution in [3.05, 3.63) is 65.2 Å². The molecule has 0 N–H and O–H groups in total. The normalized spacial score (nSPS) is 13.5. The zero-order valence-electron chi connectivity index (χ0n) is 10.6. The van der Waals surface area contributed by atoms with Crippen molar-refractivity contribution < 1.29 is 9.59 Å². The molecule has 0 aliphatic carbocycles. The number of nitrogens with zero attached hydrogens (tertiary/aromatic N) is 1. The minimum absolute atomic E-state index is 0.00315. The van der Waals surface area contributed by atoms with Crippen molar-refractivity contribution in [3.8, 4) is 0 Å². The molecule has 0 saturated heterocycles. The molecule has 1 heterocycles. The van der Waals surface area contributed by atoms with Gasteiger partial charge in [-0.1, -0.05) is 29.8 Å². The van der Waals surface area contributed by atoms with Crippen LogP contribution in [0.1, 0.15) is 26.3 Å². The van der Waals surface area contributed by atoms with E-state index < -0.39 is 0 Å². The van der Waals surface area contributed by atoms with Gasteiger partial charge in [0.25, 0.3) is 5.91 Å². The van der Waals surface area contributed by atoms with E-state index in [0.29, 0.717) is 16.8 Å². The van der Waals surface area contributed by atoms with Crippen LogP contribution < -0.4 is 4.90 Å². The van der Waals surface area contributed by atoms with E-state index in [0.717, 1.165) is 5.56 Å². The van der Waals surface area contributed by atoms with Crippen molar-refractivity contribution in [1.29, 1.82) is 0 Å². The highest BCUT2D eigenvalue weighted by molar-refractivity contribution is 6.19. The lowest BCUT2D eigenvalue weighted by Gasteiger charge is -2.16. The fourth-order valence-corrected chi connectivity index (χ4v) is 2.37. The number of carbonyl (C=O) groups excluding carboxylic acids is 2. The van der Waals surface area contributed by atoms with Crippen LogP contribution in [0.3, 0.4) is 0 Å². The number of aryl methyl sites for hydroxylation is 1. The third-order valence-electron chi connectivity index (χ3n) is 3.31. The quantitative estimate of drug-likeness (QED) is 0.781. The molecule has 2 aromatic rings. The number of rotatable bonds is 1. The van der Waals surface area contributed by atoms with E-state index in [1.807, 2.05) is 43.3 Å². The van der Waals surface area contributed by atoms with Gasteiger partial charge in [-0.05, 0) is 31.2 Å². The molecule has 0 fully saturated rings. The molecule has 0 atom stereocenters. The smallest absolute Gasteiger partial charge is 0.258 e. The van der Waals surface area contributed by atoms with Crippen LogP contribution in [-0.4, -0.2) is 18.2 Å². The number of hydrogen-bond donors (Lipinski definition) is 0. The molecule has 94 valence electrons. The lowest BCUT2D eigenvalue weighted by molar-refractivity contribution is 0.0951. The van der Waals surface area contributed by atoms with E-state index in [4.69, 9.17) is 0 Å². The van der Waals surface area contributed by atoms with E-state index >= 15 is 0 Å². The molecule has 0 aromatic heterocycles. The lowest BCUT2D eigenvalue weighted by Crippen LogP contribution is -2.30. The van der Waals surface area contributed by atoms with Crippen LogP contribution in [0.25, 0.3) is 0 Å². The summed E-state index contributed by atoms with van der Waals surface area (Å²) in [6, 6.07) is 14.7. The number of para-hydroxylation sites is 1. The number of ketones is 1. The summed E-state index contributed by atoms with van der Waals surface area (Å²) >= 11 is 0. The number of hydrogen-bond acceptors (Lipinski definition) is 2. The van der Waals surface area contributed by atoms with Crippen LogP contribution in [-0.2, 0) is 0 Å². The standard InChI is InChI=1S/C16H13NO2/c1-11-5-4-6-12(9-11)16(19)17-10-15(18)13-7-2-3-8-14(13)17/h2-9H,10H2,1H3. The molecular weight excluding hydrogens is 238 g/mol. The zero-order chi connectivity index (χ0) is 13.4. The van der Waals surface area contributed by atoms with Crippen molar-refractivity contribution in [2.24, 2.45) is 0 Å². The molecule has 0 bridgehead atoms. The molecular formula is C16H13NO2. The second kappa shape index (κ2) is 4.35. The molecule has 0 spiro atoms. The highest BCUT2D eigenvalue weighted by atomic mass is 16.2. The summed E-state index contributed by atoms with van der Waals surface area (Å²) in [5.74, 6) is -0.126. The molecule has 3 rings (SSSR count). The highest BCUT2D eigenvalue weighted by Crippen LogP contribution is 2.28. The predicted molar refractivity (Wildman–Crippen MR) is 73.6 cm³/mol. The number of carbonyl (C=O) groups is 2. The molecule has 3 heteroatoms. The van der Waals surface area contributed by atoms with Crippen LogP contribution in [0.2, 0.25) is 0 Å². The number of anilines is 1. The predicted octanol–water partition coefficient (Wildman–Crippen LogP) is 2.84. The van der Waals surface area contributed by atoms with Crippen molar-refractivity contribution in [3.63, 3.8) is 0 Å². The summed E-state index contributed by atoms with van der Waals surface area (Å²) in [5, 5.41) is 0. The van der Waals surface area contributed by atoms with Gasteiger partial charge in [-0.3, -0.25) is 14.5 Å². The van der Waals surface area contributed by atoms with Crippen molar-refractivity contribution in [2.45, 2.75) is 6.92 Å². The van der Waals surface area contributed by atoms with Crippen LogP contribution in [0.5, 0.6) is 0 Å². The Morgan fingerprint density at radius 1 is 1.11 bits per heavy atom. The van der Waals surface area contributed by atoms with E-state index in [9.17, 15) is 9.59 Å². The lowest BCUT2D eigenvalue weighted by atomic mass is 10.1. The van der Waals surface area contributed by atoms with E-state index in [1.165, 1.54) is 0 Å². The average molecular weight is 251 g/mol. The Kier molecular flexibility index (Phi) is 2.67. The molecule has 19 heavy (non-hydrogen) atoms. The first-order valence-electron chi connectivity index (χ1n) is 6.17. The Bertz CT molecular complexity index is 676. The number of benzene rings is 2. The molecule has 0 unspecified atom stereocenters. The summed E-state index contributed by atoms with van der Waals surface area (Å²) in [7, 11) is 0. The minimum Gasteiger partial charge on any atom is -0.300 e. The van der Waals surface area contributed by atoms with Crippen molar-refractivity contribution in [1.82, 2.24) is 0 Å². The zero-order valence-corrected chi connectivity index (χ0v) is 10.6. The average Bonchev–Trinajstić information content (AvgIpc) is 2.76. The van der Waals surface area contributed by atoms with Gasteiger partial charge < -0.3 is 0 Å². The minimum atomic E-state index is -0.123. The van der Waals surface area contributed by atoms with Gasteiger partial charge in [-0.25, -0.2) is 0 Å². The number of fused-ring (bicyclic) bond motifs is 1. The maximum Gasteiger partial charge on any atom is 0.258 e.